The van der Waals surface area contributed by atoms with Crippen molar-refractivity contribution in [3.05, 3.63) is 36.0 Å². The molecule has 1 saturated carbocycles. The molecule has 1 saturated heterocycles. The van der Waals surface area contributed by atoms with E-state index in [9.17, 15) is 9.90 Å². The van der Waals surface area contributed by atoms with Crippen molar-refractivity contribution in [1.82, 2.24) is 10.3 Å². The Morgan fingerprint density at radius 2 is 2.06 bits per heavy atom. The number of thioether (sulfide) groups is 1. The van der Waals surface area contributed by atoms with Gasteiger partial charge in [-0.25, -0.2) is 0 Å². The van der Waals surface area contributed by atoms with Gasteiger partial charge in [0.05, 0.1) is 23.4 Å². The van der Waals surface area contributed by atoms with Gasteiger partial charge in [-0.1, -0.05) is 26.2 Å². The summed E-state index contributed by atoms with van der Waals surface area (Å²) in [5.74, 6) is 0.0878. The van der Waals surface area contributed by atoms with Crippen LogP contribution < -0.4 is 10.1 Å². The third-order valence-corrected chi connectivity index (χ3v) is 9.61. The van der Waals surface area contributed by atoms with Crippen LogP contribution >= 0.6 is 11.8 Å². The highest BCUT2D eigenvalue weighted by atomic mass is 32.2. The fourth-order valence-corrected chi connectivity index (χ4v) is 7.90. The van der Waals surface area contributed by atoms with E-state index < -0.39 is 5.97 Å². The zero-order chi connectivity index (χ0) is 23.3. The molecule has 0 spiro atoms. The molecule has 2 N–H and O–H groups in total. The lowest BCUT2D eigenvalue weighted by atomic mass is 9.76. The lowest BCUT2D eigenvalue weighted by Crippen LogP contribution is -2.58. The highest BCUT2D eigenvalue weighted by Gasteiger charge is 2.49. The maximum Gasteiger partial charge on any atom is 0.309 e. The van der Waals surface area contributed by atoms with Crippen molar-refractivity contribution in [2.24, 2.45) is 11.8 Å². The molecule has 1 aliphatic heterocycles. The molecule has 2 aromatic rings. The monoisotopic (exact) mass is 470 g/mol. The average Bonchev–Trinajstić information content (AvgIpc) is 2.84. The molecule has 180 valence electrons. The van der Waals surface area contributed by atoms with Crippen LogP contribution in [-0.4, -0.2) is 39.8 Å². The van der Waals surface area contributed by atoms with Crippen LogP contribution in [0.5, 0.6) is 5.75 Å². The van der Waals surface area contributed by atoms with Gasteiger partial charge in [-0.15, -0.1) is 11.8 Å². The molecule has 2 fully saturated rings. The Labute approximate surface area is 202 Å². The highest BCUT2D eigenvalue weighted by Crippen LogP contribution is 2.48. The second-order valence-corrected chi connectivity index (χ2v) is 11.3. The first kappa shape index (κ1) is 24.3. The highest BCUT2D eigenvalue weighted by molar-refractivity contribution is 8.01. The zero-order valence-electron chi connectivity index (χ0n) is 20.0. The fraction of sp³-hybridized carbons (Fsp3) is 0.630. The number of pyridine rings is 1. The van der Waals surface area contributed by atoms with Gasteiger partial charge in [0.25, 0.3) is 0 Å². The first-order valence-corrected chi connectivity index (χ1v) is 13.5. The Hall–Kier alpha value is -1.79. The predicted molar refractivity (Wildman–Crippen MR) is 136 cm³/mol. The van der Waals surface area contributed by atoms with E-state index in [2.05, 4.69) is 29.4 Å². The summed E-state index contributed by atoms with van der Waals surface area (Å²) in [5.41, 5.74) is 2.24. The number of piperidine rings is 1. The molecular weight excluding hydrogens is 432 g/mol. The van der Waals surface area contributed by atoms with Gasteiger partial charge in [-0.3, -0.25) is 9.78 Å². The number of benzene rings is 1. The second kappa shape index (κ2) is 11.1. The molecule has 0 radical (unpaired) electrons. The summed E-state index contributed by atoms with van der Waals surface area (Å²) in [6.07, 6.45) is 12.9. The largest absolute Gasteiger partial charge is 0.497 e. The van der Waals surface area contributed by atoms with Crippen molar-refractivity contribution >= 4 is 28.6 Å². The van der Waals surface area contributed by atoms with Gasteiger partial charge < -0.3 is 15.2 Å². The number of hydrogen-bond acceptors (Lipinski definition) is 5. The Morgan fingerprint density at radius 1 is 1.24 bits per heavy atom. The number of methoxy groups -OCH3 is 1. The Kier molecular flexibility index (Phi) is 8.18. The number of rotatable bonds is 9. The van der Waals surface area contributed by atoms with Gasteiger partial charge in [0.2, 0.25) is 0 Å². The second-order valence-electron chi connectivity index (χ2n) is 9.66. The molecule has 1 aromatic heterocycles. The van der Waals surface area contributed by atoms with Crippen LogP contribution in [0.25, 0.3) is 10.9 Å². The Bertz CT molecular complexity index is 946. The summed E-state index contributed by atoms with van der Waals surface area (Å²) in [4.78, 5) is 16.7. The number of carbonyl (C=O) groups is 1. The van der Waals surface area contributed by atoms with E-state index in [4.69, 9.17) is 4.74 Å². The molecule has 5 nitrogen and oxygen atoms in total. The van der Waals surface area contributed by atoms with Gasteiger partial charge >= 0.3 is 5.97 Å². The van der Waals surface area contributed by atoms with Crippen molar-refractivity contribution in [3.63, 3.8) is 0 Å². The van der Waals surface area contributed by atoms with Gasteiger partial charge in [-0.2, -0.15) is 0 Å². The molecule has 0 amide bonds. The van der Waals surface area contributed by atoms with Crippen molar-refractivity contribution < 1.29 is 14.6 Å². The molecule has 33 heavy (non-hydrogen) atoms. The molecule has 2 heterocycles. The molecule has 3 atom stereocenters. The predicted octanol–water partition coefficient (Wildman–Crippen LogP) is 6.05. The minimum Gasteiger partial charge on any atom is -0.497 e. The number of aromatic nitrogens is 1. The average molecular weight is 471 g/mol. The number of fused-ring (bicyclic) bond motifs is 1. The standard InChI is InChI=1S/C27H38N2O3S/c1-3-27(33-22-10-5-4-6-11-22)25(26(30)31)20(15-17-29-27)9-7-8-19-14-16-28-24-13-12-21(32-2)18-23(19)24/h12-14,16,18,20,22,25,29H,3-11,15,17H2,1-2H3,(H,30,31)/t20-,25+,27?/m1/s1. The normalized spacial score (nSPS) is 26.4. The topological polar surface area (TPSA) is 71.5 Å². The summed E-state index contributed by atoms with van der Waals surface area (Å²) in [6.45, 7) is 3.08. The SMILES string of the molecule is CCC1(SC2CCCCC2)NCC[C@@H](CCCc2ccnc3ccc(OC)cc23)[C@H]1C(=O)O. The molecule has 2 aliphatic rings. The van der Waals surface area contributed by atoms with Crippen LogP contribution in [-0.2, 0) is 11.2 Å². The number of nitrogens with one attached hydrogen (secondary N) is 1. The van der Waals surface area contributed by atoms with E-state index in [1.807, 2.05) is 30.1 Å². The van der Waals surface area contributed by atoms with E-state index in [-0.39, 0.29) is 16.7 Å². The quantitative estimate of drug-likeness (QED) is 0.465. The summed E-state index contributed by atoms with van der Waals surface area (Å²) >= 11 is 1.95. The summed E-state index contributed by atoms with van der Waals surface area (Å²) in [6, 6.07) is 8.10. The maximum absolute atomic E-state index is 12.6. The van der Waals surface area contributed by atoms with E-state index >= 15 is 0 Å². The van der Waals surface area contributed by atoms with E-state index in [0.29, 0.717) is 5.25 Å². The molecule has 1 aromatic carbocycles. The molecule has 0 bridgehead atoms. The number of ether oxygens (including phenoxy) is 1. The first-order valence-electron chi connectivity index (χ1n) is 12.6. The molecule has 1 aliphatic carbocycles. The third-order valence-electron chi connectivity index (χ3n) is 7.69. The van der Waals surface area contributed by atoms with Crippen LogP contribution in [0.15, 0.2) is 30.5 Å². The van der Waals surface area contributed by atoms with Gasteiger partial charge in [-0.05, 0) is 87.2 Å². The molecule has 4 rings (SSSR count). The first-order chi connectivity index (χ1) is 16.1. The lowest BCUT2D eigenvalue weighted by molar-refractivity contribution is -0.147. The number of carboxylic acids is 1. The van der Waals surface area contributed by atoms with Gasteiger partial charge in [0, 0.05) is 16.8 Å². The number of carboxylic acid groups (broad SMARTS) is 1. The summed E-state index contributed by atoms with van der Waals surface area (Å²) in [7, 11) is 1.69. The van der Waals surface area contributed by atoms with Crippen molar-refractivity contribution in [2.75, 3.05) is 13.7 Å². The van der Waals surface area contributed by atoms with Gasteiger partial charge in [0.1, 0.15) is 5.75 Å². The minimum absolute atomic E-state index is 0.211. The van der Waals surface area contributed by atoms with Gasteiger partial charge in [0.15, 0.2) is 0 Å². The van der Waals surface area contributed by atoms with Crippen LogP contribution in [0.4, 0.5) is 0 Å². The number of aryl methyl sites for hydroxylation is 1. The Morgan fingerprint density at radius 3 is 2.79 bits per heavy atom. The van der Waals surface area contributed by atoms with Crippen molar-refractivity contribution in [1.29, 1.82) is 0 Å². The smallest absolute Gasteiger partial charge is 0.309 e. The summed E-state index contributed by atoms with van der Waals surface area (Å²) < 4.78 is 5.41. The zero-order valence-corrected chi connectivity index (χ0v) is 20.8. The Balaban J connectivity index is 1.47. The molecule has 1 unspecified atom stereocenters. The van der Waals surface area contributed by atoms with Crippen LogP contribution in [0.2, 0.25) is 0 Å². The number of hydrogen-bond donors (Lipinski definition) is 2. The van der Waals surface area contributed by atoms with Crippen molar-refractivity contribution in [2.45, 2.75) is 81.3 Å². The fourth-order valence-electron chi connectivity index (χ4n) is 5.94. The van der Waals surface area contributed by atoms with Crippen LogP contribution in [0, 0.1) is 11.8 Å². The van der Waals surface area contributed by atoms with Crippen LogP contribution in [0.3, 0.4) is 0 Å². The van der Waals surface area contributed by atoms with E-state index in [1.54, 1.807) is 7.11 Å². The molecule has 6 heteroatoms. The summed E-state index contributed by atoms with van der Waals surface area (Å²) in [5, 5.41) is 15.8. The minimum atomic E-state index is -0.628. The third kappa shape index (κ3) is 5.48. The maximum atomic E-state index is 12.6. The van der Waals surface area contributed by atoms with E-state index in [1.165, 1.54) is 37.7 Å². The number of nitrogens with zero attached hydrogens (tertiary/aromatic N) is 1. The van der Waals surface area contributed by atoms with Crippen molar-refractivity contribution in [3.8, 4) is 5.75 Å². The number of aliphatic carboxylic acids is 1. The lowest BCUT2D eigenvalue weighted by Gasteiger charge is -2.48. The van der Waals surface area contributed by atoms with E-state index in [0.717, 1.165) is 55.3 Å². The van der Waals surface area contributed by atoms with Crippen LogP contribution in [0.1, 0.15) is 70.3 Å². The molecular formula is C27H38N2O3S.